The van der Waals surface area contributed by atoms with E-state index in [1.807, 2.05) is 48.5 Å². The molecule has 0 saturated carbocycles. The zero-order chi connectivity index (χ0) is 20.3. The molecule has 4 rings (SSSR count). The SMILES string of the molecule is COc1ccc([C@H](CNS(=O)(=O)C2=Cc3ccccc3CC2)N2CCCC2)cc1. The fraction of sp³-hybridized carbons (Fsp3) is 0.391. The van der Waals surface area contributed by atoms with Crippen molar-refractivity contribution in [3.8, 4) is 5.75 Å². The number of ether oxygens (including phenoxy) is 1. The summed E-state index contributed by atoms with van der Waals surface area (Å²) < 4.78 is 34.2. The number of hydrogen-bond acceptors (Lipinski definition) is 4. The Hall–Kier alpha value is -2.15. The number of likely N-dealkylation sites (tertiary alicyclic amines) is 1. The molecular weight excluding hydrogens is 384 g/mol. The first-order valence-electron chi connectivity index (χ1n) is 10.2. The lowest BCUT2D eigenvalue weighted by Gasteiger charge is -2.28. The number of aryl methyl sites for hydroxylation is 1. The summed E-state index contributed by atoms with van der Waals surface area (Å²) in [4.78, 5) is 2.85. The Morgan fingerprint density at radius 1 is 1.03 bits per heavy atom. The van der Waals surface area contributed by atoms with E-state index in [-0.39, 0.29) is 6.04 Å². The highest BCUT2D eigenvalue weighted by molar-refractivity contribution is 7.93. The van der Waals surface area contributed by atoms with Crippen LogP contribution in [0.3, 0.4) is 0 Å². The Kier molecular flexibility index (Phi) is 6.04. The van der Waals surface area contributed by atoms with Gasteiger partial charge in [0.25, 0.3) is 0 Å². The maximum Gasteiger partial charge on any atom is 0.236 e. The van der Waals surface area contributed by atoms with Crippen molar-refractivity contribution < 1.29 is 13.2 Å². The van der Waals surface area contributed by atoms with E-state index in [4.69, 9.17) is 4.74 Å². The predicted octanol–water partition coefficient (Wildman–Crippen LogP) is 3.74. The molecule has 0 aromatic heterocycles. The molecule has 0 bridgehead atoms. The highest BCUT2D eigenvalue weighted by Gasteiger charge is 2.27. The fourth-order valence-corrected chi connectivity index (χ4v) is 5.45. The number of benzene rings is 2. The molecule has 29 heavy (non-hydrogen) atoms. The van der Waals surface area contributed by atoms with Gasteiger partial charge in [-0.2, -0.15) is 0 Å². The molecule has 2 aromatic rings. The zero-order valence-electron chi connectivity index (χ0n) is 16.8. The first-order chi connectivity index (χ1) is 14.1. The topological polar surface area (TPSA) is 58.6 Å². The van der Waals surface area contributed by atoms with Crippen molar-refractivity contribution in [2.24, 2.45) is 0 Å². The third-order valence-electron chi connectivity index (χ3n) is 5.91. The summed E-state index contributed by atoms with van der Waals surface area (Å²) >= 11 is 0. The number of sulfonamides is 1. The molecule has 5 nitrogen and oxygen atoms in total. The number of allylic oxidation sites excluding steroid dienone is 1. The van der Waals surface area contributed by atoms with Crippen LogP contribution in [-0.4, -0.2) is 40.1 Å². The summed E-state index contributed by atoms with van der Waals surface area (Å²) in [6.07, 6.45) is 5.43. The van der Waals surface area contributed by atoms with E-state index in [1.165, 1.54) is 5.56 Å². The van der Waals surface area contributed by atoms with Crippen LogP contribution in [0, 0.1) is 0 Å². The van der Waals surface area contributed by atoms with E-state index < -0.39 is 10.0 Å². The van der Waals surface area contributed by atoms with Crippen LogP contribution in [0.2, 0.25) is 0 Å². The molecule has 1 atom stereocenters. The molecule has 2 aromatic carbocycles. The molecular formula is C23H28N2O3S. The van der Waals surface area contributed by atoms with Crippen molar-refractivity contribution >= 4 is 16.1 Å². The van der Waals surface area contributed by atoms with Crippen molar-refractivity contribution in [3.05, 3.63) is 70.1 Å². The van der Waals surface area contributed by atoms with Crippen molar-refractivity contribution in [2.45, 2.75) is 31.7 Å². The van der Waals surface area contributed by atoms with Gasteiger partial charge < -0.3 is 4.74 Å². The molecule has 2 aliphatic rings. The predicted molar refractivity (Wildman–Crippen MR) is 116 cm³/mol. The average Bonchev–Trinajstić information content (AvgIpc) is 3.28. The van der Waals surface area contributed by atoms with Crippen LogP contribution < -0.4 is 9.46 Å². The van der Waals surface area contributed by atoms with Gasteiger partial charge in [0.2, 0.25) is 10.0 Å². The Labute approximate surface area is 173 Å². The van der Waals surface area contributed by atoms with Crippen molar-refractivity contribution in [2.75, 3.05) is 26.7 Å². The molecule has 1 saturated heterocycles. The molecule has 1 heterocycles. The van der Waals surface area contributed by atoms with E-state index >= 15 is 0 Å². The largest absolute Gasteiger partial charge is 0.497 e. The van der Waals surface area contributed by atoms with Crippen molar-refractivity contribution in [1.29, 1.82) is 0 Å². The third-order valence-corrected chi connectivity index (χ3v) is 7.47. The number of methoxy groups -OCH3 is 1. The highest BCUT2D eigenvalue weighted by atomic mass is 32.2. The van der Waals surface area contributed by atoms with Gasteiger partial charge in [-0.3, -0.25) is 4.90 Å². The van der Waals surface area contributed by atoms with Gasteiger partial charge in [-0.25, -0.2) is 13.1 Å². The van der Waals surface area contributed by atoms with Crippen molar-refractivity contribution in [3.63, 3.8) is 0 Å². The van der Waals surface area contributed by atoms with Gasteiger partial charge in [-0.05, 0) is 73.7 Å². The molecule has 0 amide bonds. The summed E-state index contributed by atoms with van der Waals surface area (Å²) in [5.74, 6) is 0.806. The maximum atomic E-state index is 13.0. The van der Waals surface area contributed by atoms with Crippen LogP contribution in [0.4, 0.5) is 0 Å². The minimum atomic E-state index is -3.51. The smallest absolute Gasteiger partial charge is 0.236 e. The normalized spacial score (nSPS) is 18.2. The minimum absolute atomic E-state index is 0.0228. The van der Waals surface area contributed by atoms with Gasteiger partial charge in [-0.1, -0.05) is 36.4 Å². The van der Waals surface area contributed by atoms with E-state index in [2.05, 4.69) is 15.7 Å². The molecule has 0 radical (unpaired) electrons. The second-order valence-corrected chi connectivity index (χ2v) is 9.51. The van der Waals surface area contributed by atoms with E-state index in [1.54, 1.807) is 7.11 Å². The molecule has 1 aliphatic carbocycles. The quantitative estimate of drug-likeness (QED) is 0.753. The fourth-order valence-electron chi connectivity index (χ4n) is 4.24. The van der Waals surface area contributed by atoms with Gasteiger partial charge in [0.05, 0.1) is 12.0 Å². The summed E-state index contributed by atoms with van der Waals surface area (Å²) in [6.45, 7) is 2.36. The highest BCUT2D eigenvalue weighted by Crippen LogP contribution is 2.29. The number of fused-ring (bicyclic) bond motifs is 1. The minimum Gasteiger partial charge on any atom is -0.497 e. The number of rotatable bonds is 7. The first kappa shape index (κ1) is 20.1. The lowest BCUT2D eigenvalue weighted by atomic mass is 9.98. The second kappa shape index (κ2) is 8.69. The van der Waals surface area contributed by atoms with E-state index in [0.29, 0.717) is 17.9 Å². The Morgan fingerprint density at radius 3 is 2.48 bits per heavy atom. The molecule has 1 fully saturated rings. The lowest BCUT2D eigenvalue weighted by molar-refractivity contribution is 0.246. The molecule has 1 N–H and O–H groups in total. The molecule has 0 spiro atoms. The van der Waals surface area contributed by atoms with Crippen molar-refractivity contribution in [1.82, 2.24) is 9.62 Å². The summed E-state index contributed by atoms with van der Waals surface area (Å²) in [5.41, 5.74) is 3.32. The lowest BCUT2D eigenvalue weighted by Crippen LogP contribution is -2.37. The molecule has 1 aliphatic heterocycles. The molecule has 0 unspecified atom stereocenters. The van der Waals surface area contributed by atoms with Crippen LogP contribution >= 0.6 is 0 Å². The number of nitrogens with one attached hydrogen (secondary N) is 1. The maximum absolute atomic E-state index is 13.0. The van der Waals surface area contributed by atoms with E-state index in [9.17, 15) is 8.42 Å². The van der Waals surface area contributed by atoms with Gasteiger partial charge >= 0.3 is 0 Å². The summed E-state index contributed by atoms with van der Waals surface area (Å²) in [5, 5.41) is 0. The van der Waals surface area contributed by atoms with Gasteiger partial charge in [-0.15, -0.1) is 0 Å². The Balaban J connectivity index is 1.52. The number of nitrogens with zero attached hydrogens (tertiary/aromatic N) is 1. The standard InChI is InChI=1S/C23H28N2O3S/c1-28-21-11-8-19(9-12-21)23(25-14-4-5-15-25)17-24-29(26,27)22-13-10-18-6-2-3-7-20(18)16-22/h2-3,6-9,11-12,16,23-24H,4-5,10,13-15,17H2,1H3/t23-/m0/s1. The van der Waals surface area contributed by atoms with E-state index in [0.717, 1.165) is 49.2 Å². The average molecular weight is 413 g/mol. The van der Waals surface area contributed by atoms with Crippen LogP contribution in [-0.2, 0) is 16.4 Å². The van der Waals surface area contributed by atoms with Crippen LogP contribution in [0.15, 0.2) is 53.4 Å². The molecule has 154 valence electrons. The third kappa shape index (κ3) is 4.55. The number of hydrogen-bond donors (Lipinski definition) is 1. The van der Waals surface area contributed by atoms with Gasteiger partial charge in [0.15, 0.2) is 0 Å². The Morgan fingerprint density at radius 2 is 1.76 bits per heavy atom. The van der Waals surface area contributed by atoms with Crippen LogP contribution in [0.5, 0.6) is 5.75 Å². The first-order valence-corrected chi connectivity index (χ1v) is 11.7. The van der Waals surface area contributed by atoms with Gasteiger partial charge in [0, 0.05) is 12.6 Å². The second-order valence-electron chi connectivity index (χ2n) is 7.69. The van der Waals surface area contributed by atoms with Crippen LogP contribution in [0.1, 0.15) is 42.0 Å². The summed E-state index contributed by atoms with van der Waals surface area (Å²) in [7, 11) is -1.86. The molecule has 6 heteroatoms. The monoisotopic (exact) mass is 412 g/mol. The summed E-state index contributed by atoms with van der Waals surface area (Å²) in [6, 6.07) is 16.0. The van der Waals surface area contributed by atoms with Gasteiger partial charge in [0.1, 0.15) is 5.75 Å². The van der Waals surface area contributed by atoms with Crippen LogP contribution in [0.25, 0.3) is 6.08 Å². The Bertz CT molecular complexity index is 977. The zero-order valence-corrected chi connectivity index (χ0v) is 17.6.